The van der Waals surface area contributed by atoms with Crippen LogP contribution in [-0.2, 0) is 19.7 Å². The second-order valence-corrected chi connectivity index (χ2v) is 5.45. The molecular formula is C16H24N4O. The standard InChI is InChI=1S/C16H24N4O/c1-4-20-16(18-12-19-20)11-21-15-7-5-14(6-8-15)10-17-9-13(2)3/h5-8,12-13,17H,4,9-11H2,1-3H3. The van der Waals surface area contributed by atoms with E-state index in [0.29, 0.717) is 12.5 Å². The highest BCUT2D eigenvalue weighted by Gasteiger charge is 2.03. The number of benzene rings is 1. The third kappa shape index (κ3) is 4.86. The van der Waals surface area contributed by atoms with Crippen LogP contribution in [0.15, 0.2) is 30.6 Å². The molecule has 0 radical (unpaired) electrons. The molecule has 0 fully saturated rings. The molecule has 0 aliphatic rings. The summed E-state index contributed by atoms with van der Waals surface area (Å²) >= 11 is 0. The molecule has 5 nitrogen and oxygen atoms in total. The van der Waals surface area contributed by atoms with Gasteiger partial charge in [-0.2, -0.15) is 5.10 Å². The average molecular weight is 288 g/mol. The van der Waals surface area contributed by atoms with Crippen LogP contribution in [0.4, 0.5) is 0 Å². The summed E-state index contributed by atoms with van der Waals surface area (Å²) in [6.45, 7) is 9.63. The van der Waals surface area contributed by atoms with Crippen LogP contribution in [-0.4, -0.2) is 21.3 Å². The summed E-state index contributed by atoms with van der Waals surface area (Å²) in [5.74, 6) is 2.37. The van der Waals surface area contributed by atoms with E-state index in [2.05, 4.69) is 41.4 Å². The molecule has 0 bridgehead atoms. The first kappa shape index (κ1) is 15.5. The SMILES string of the molecule is CCn1ncnc1COc1ccc(CNCC(C)C)cc1. The summed E-state index contributed by atoms with van der Waals surface area (Å²) in [7, 11) is 0. The van der Waals surface area contributed by atoms with E-state index in [1.165, 1.54) is 5.56 Å². The number of hydrogen-bond donors (Lipinski definition) is 1. The van der Waals surface area contributed by atoms with Crippen molar-refractivity contribution in [2.45, 2.75) is 40.5 Å². The van der Waals surface area contributed by atoms with E-state index in [-0.39, 0.29) is 0 Å². The molecule has 114 valence electrons. The van der Waals surface area contributed by atoms with Crippen molar-refractivity contribution in [2.75, 3.05) is 6.54 Å². The van der Waals surface area contributed by atoms with Gasteiger partial charge in [0.05, 0.1) is 0 Å². The van der Waals surface area contributed by atoms with Gasteiger partial charge in [0.25, 0.3) is 0 Å². The van der Waals surface area contributed by atoms with E-state index in [9.17, 15) is 0 Å². The van der Waals surface area contributed by atoms with E-state index in [4.69, 9.17) is 4.74 Å². The molecule has 1 aromatic carbocycles. The van der Waals surface area contributed by atoms with Crippen molar-refractivity contribution in [3.63, 3.8) is 0 Å². The van der Waals surface area contributed by atoms with Crippen LogP contribution in [0.2, 0.25) is 0 Å². The molecule has 2 aromatic rings. The molecule has 5 heteroatoms. The van der Waals surface area contributed by atoms with Crippen molar-refractivity contribution in [1.29, 1.82) is 0 Å². The summed E-state index contributed by atoms with van der Waals surface area (Å²) in [5, 5.41) is 7.55. The highest BCUT2D eigenvalue weighted by molar-refractivity contribution is 5.27. The van der Waals surface area contributed by atoms with Crippen LogP contribution in [0.1, 0.15) is 32.2 Å². The lowest BCUT2D eigenvalue weighted by atomic mass is 10.2. The van der Waals surface area contributed by atoms with Gasteiger partial charge >= 0.3 is 0 Å². The lowest BCUT2D eigenvalue weighted by molar-refractivity contribution is 0.287. The van der Waals surface area contributed by atoms with Gasteiger partial charge in [-0.3, -0.25) is 0 Å². The number of ether oxygens (including phenoxy) is 1. The largest absolute Gasteiger partial charge is 0.486 e. The highest BCUT2D eigenvalue weighted by atomic mass is 16.5. The van der Waals surface area contributed by atoms with Gasteiger partial charge < -0.3 is 10.1 Å². The zero-order chi connectivity index (χ0) is 15.1. The van der Waals surface area contributed by atoms with E-state index in [1.54, 1.807) is 6.33 Å². The van der Waals surface area contributed by atoms with Crippen molar-refractivity contribution in [3.05, 3.63) is 42.0 Å². The first-order chi connectivity index (χ1) is 10.2. The first-order valence-corrected chi connectivity index (χ1v) is 7.48. The minimum atomic E-state index is 0.443. The Morgan fingerprint density at radius 3 is 2.67 bits per heavy atom. The summed E-state index contributed by atoms with van der Waals surface area (Å²) in [4.78, 5) is 4.19. The Bertz CT molecular complexity index is 533. The van der Waals surface area contributed by atoms with Crippen LogP contribution < -0.4 is 10.1 Å². The Morgan fingerprint density at radius 2 is 2.00 bits per heavy atom. The molecule has 1 N–H and O–H groups in total. The lowest BCUT2D eigenvalue weighted by Gasteiger charge is -2.09. The van der Waals surface area contributed by atoms with Crippen molar-refractivity contribution in [1.82, 2.24) is 20.1 Å². The van der Waals surface area contributed by atoms with Gasteiger partial charge in [-0.25, -0.2) is 9.67 Å². The Kier molecular flexibility index (Phi) is 5.75. The van der Waals surface area contributed by atoms with Crippen LogP contribution >= 0.6 is 0 Å². The molecular weight excluding hydrogens is 264 g/mol. The summed E-state index contributed by atoms with van der Waals surface area (Å²) in [5.41, 5.74) is 1.26. The smallest absolute Gasteiger partial charge is 0.164 e. The maximum absolute atomic E-state index is 5.75. The maximum Gasteiger partial charge on any atom is 0.164 e. The number of hydrogen-bond acceptors (Lipinski definition) is 4. The average Bonchev–Trinajstić information content (AvgIpc) is 2.93. The van der Waals surface area contributed by atoms with E-state index < -0.39 is 0 Å². The second kappa shape index (κ2) is 7.78. The van der Waals surface area contributed by atoms with Gasteiger partial charge in [-0.05, 0) is 37.1 Å². The fraction of sp³-hybridized carbons (Fsp3) is 0.500. The molecule has 0 amide bonds. The predicted molar refractivity (Wildman–Crippen MR) is 83.0 cm³/mol. The maximum atomic E-state index is 5.75. The van der Waals surface area contributed by atoms with Crippen LogP contribution in [0.5, 0.6) is 5.75 Å². The van der Waals surface area contributed by atoms with Crippen molar-refractivity contribution < 1.29 is 4.74 Å². The van der Waals surface area contributed by atoms with Gasteiger partial charge in [-0.1, -0.05) is 26.0 Å². The number of nitrogens with zero attached hydrogens (tertiary/aromatic N) is 3. The van der Waals surface area contributed by atoms with Gasteiger partial charge in [0.1, 0.15) is 18.7 Å². The quantitative estimate of drug-likeness (QED) is 0.811. The van der Waals surface area contributed by atoms with E-state index >= 15 is 0 Å². The third-order valence-electron chi connectivity index (χ3n) is 3.17. The summed E-state index contributed by atoms with van der Waals surface area (Å²) in [6.07, 6.45) is 1.56. The molecule has 1 aromatic heterocycles. The fourth-order valence-electron chi connectivity index (χ4n) is 2.02. The molecule has 0 aliphatic carbocycles. The first-order valence-electron chi connectivity index (χ1n) is 7.48. The van der Waals surface area contributed by atoms with Crippen LogP contribution in [0.25, 0.3) is 0 Å². The van der Waals surface area contributed by atoms with E-state index in [1.807, 2.05) is 23.7 Å². The van der Waals surface area contributed by atoms with Gasteiger partial charge in [0, 0.05) is 13.1 Å². The summed E-state index contributed by atoms with van der Waals surface area (Å²) < 4.78 is 7.58. The lowest BCUT2D eigenvalue weighted by Crippen LogP contribution is -2.18. The molecule has 0 atom stereocenters. The molecule has 0 saturated carbocycles. The van der Waals surface area contributed by atoms with Crippen molar-refractivity contribution in [2.24, 2.45) is 5.92 Å². The monoisotopic (exact) mass is 288 g/mol. The number of aryl methyl sites for hydroxylation is 1. The van der Waals surface area contributed by atoms with Crippen LogP contribution in [0.3, 0.4) is 0 Å². The number of nitrogens with one attached hydrogen (secondary N) is 1. The number of rotatable bonds is 8. The second-order valence-electron chi connectivity index (χ2n) is 5.45. The topological polar surface area (TPSA) is 52.0 Å². The molecule has 0 aliphatic heterocycles. The molecule has 1 heterocycles. The molecule has 0 spiro atoms. The van der Waals surface area contributed by atoms with Crippen molar-refractivity contribution >= 4 is 0 Å². The molecule has 0 unspecified atom stereocenters. The Labute approximate surface area is 126 Å². The minimum absolute atomic E-state index is 0.443. The zero-order valence-corrected chi connectivity index (χ0v) is 13.0. The van der Waals surface area contributed by atoms with Crippen LogP contribution in [0, 0.1) is 5.92 Å². The third-order valence-corrected chi connectivity index (χ3v) is 3.17. The minimum Gasteiger partial charge on any atom is -0.486 e. The number of aromatic nitrogens is 3. The Hall–Kier alpha value is -1.88. The molecule has 2 rings (SSSR count). The highest BCUT2D eigenvalue weighted by Crippen LogP contribution is 2.13. The predicted octanol–water partition coefficient (Wildman–Crippen LogP) is 2.62. The van der Waals surface area contributed by atoms with Gasteiger partial charge in [0.15, 0.2) is 5.82 Å². The Morgan fingerprint density at radius 1 is 1.24 bits per heavy atom. The Balaban J connectivity index is 1.82. The molecule has 0 saturated heterocycles. The van der Waals surface area contributed by atoms with Crippen molar-refractivity contribution in [3.8, 4) is 5.75 Å². The fourth-order valence-corrected chi connectivity index (χ4v) is 2.02. The van der Waals surface area contributed by atoms with Gasteiger partial charge in [0.2, 0.25) is 0 Å². The normalized spacial score (nSPS) is 11.0. The molecule has 21 heavy (non-hydrogen) atoms. The zero-order valence-electron chi connectivity index (χ0n) is 13.0. The summed E-state index contributed by atoms with van der Waals surface area (Å²) in [6, 6.07) is 8.18. The van der Waals surface area contributed by atoms with Gasteiger partial charge in [-0.15, -0.1) is 0 Å². The van der Waals surface area contributed by atoms with E-state index in [0.717, 1.165) is 31.2 Å².